The lowest BCUT2D eigenvalue weighted by molar-refractivity contribution is -0.151. The third-order valence-corrected chi connectivity index (χ3v) is 10.3. The molecule has 5 aliphatic rings. The van der Waals surface area contributed by atoms with Crippen LogP contribution >= 0.6 is 0 Å². The molecule has 6 rings (SSSR count). The van der Waals surface area contributed by atoms with Gasteiger partial charge < -0.3 is 9.94 Å². The van der Waals surface area contributed by atoms with Crippen molar-refractivity contribution in [3.05, 3.63) is 35.4 Å². The van der Waals surface area contributed by atoms with Crippen LogP contribution in [0.2, 0.25) is 0 Å². The number of aliphatic hydroxyl groups is 1. The molecule has 0 amide bonds. The molecule has 0 radical (unpaired) electrons. The van der Waals surface area contributed by atoms with E-state index in [0.29, 0.717) is 29.0 Å². The predicted molar refractivity (Wildman–Crippen MR) is 120 cm³/mol. The van der Waals surface area contributed by atoms with E-state index in [1.165, 1.54) is 12.0 Å². The fraction of sp³-hybridized carbons (Fsp3) is 0.704. The smallest absolute Gasteiger partial charge is 0.152 e. The average molecular weight is 422 g/mol. The summed E-state index contributed by atoms with van der Waals surface area (Å²) in [5.41, 5.74) is 3.09. The Morgan fingerprint density at radius 2 is 1.84 bits per heavy atom. The van der Waals surface area contributed by atoms with Crippen LogP contribution in [0, 0.1) is 47.3 Å². The minimum Gasteiger partial charge on any atom is -0.393 e. The lowest BCUT2D eigenvalue weighted by Gasteiger charge is -2.60. The summed E-state index contributed by atoms with van der Waals surface area (Å²) in [4.78, 5) is 20.0. The van der Waals surface area contributed by atoms with Gasteiger partial charge in [0.1, 0.15) is 17.7 Å². The average Bonchev–Trinajstić information content (AvgIpc) is 3.26. The van der Waals surface area contributed by atoms with Gasteiger partial charge in [-0.05, 0) is 75.0 Å². The van der Waals surface area contributed by atoms with E-state index in [9.17, 15) is 9.90 Å². The summed E-state index contributed by atoms with van der Waals surface area (Å²) in [5.74, 6) is 2.20. The van der Waals surface area contributed by atoms with Crippen LogP contribution in [0.3, 0.4) is 0 Å². The third kappa shape index (κ3) is 2.63. The Labute approximate surface area is 185 Å². The van der Waals surface area contributed by atoms with Gasteiger partial charge in [-0.25, -0.2) is 0 Å². The highest BCUT2D eigenvalue weighted by atomic mass is 16.6. The SMILES string of the molecule is Cc1ccc(C2=NO[C@@H]3[C@H]2C(=O)[C@@]2(C)CC[C@H]4[C@@H](CC[C@H]5C[C@@H](O)CC[C@@]54C)[C@H]32)cc1. The van der Waals surface area contributed by atoms with E-state index in [1.807, 2.05) is 0 Å². The fourth-order valence-electron chi connectivity index (χ4n) is 8.63. The summed E-state index contributed by atoms with van der Waals surface area (Å²) in [6, 6.07) is 8.35. The van der Waals surface area contributed by atoms with E-state index < -0.39 is 0 Å². The van der Waals surface area contributed by atoms with Gasteiger partial charge in [0.25, 0.3) is 0 Å². The molecular formula is C27H35NO3. The first-order valence-electron chi connectivity index (χ1n) is 12.4. The van der Waals surface area contributed by atoms with E-state index in [4.69, 9.17) is 4.84 Å². The lowest BCUT2D eigenvalue weighted by atomic mass is 9.45. The van der Waals surface area contributed by atoms with E-state index in [2.05, 4.69) is 50.2 Å². The highest BCUT2D eigenvalue weighted by Crippen LogP contribution is 2.67. The van der Waals surface area contributed by atoms with Crippen LogP contribution in [0.5, 0.6) is 0 Å². The molecule has 4 aliphatic carbocycles. The van der Waals surface area contributed by atoms with Gasteiger partial charge in [0.2, 0.25) is 0 Å². The number of ketones is 1. The molecular weight excluding hydrogens is 386 g/mol. The highest BCUT2D eigenvalue weighted by molar-refractivity contribution is 6.17. The predicted octanol–water partition coefficient (Wildman–Crippen LogP) is 4.91. The maximum Gasteiger partial charge on any atom is 0.152 e. The molecule has 1 aliphatic heterocycles. The number of nitrogens with zero attached hydrogens (tertiary/aromatic N) is 1. The first kappa shape index (κ1) is 20.0. The van der Waals surface area contributed by atoms with Crippen LogP contribution in [0.25, 0.3) is 0 Å². The summed E-state index contributed by atoms with van der Waals surface area (Å²) in [6.07, 6.45) is 7.25. The molecule has 1 aromatic rings. The highest BCUT2D eigenvalue weighted by Gasteiger charge is 2.69. The number of fused-ring (bicyclic) bond motifs is 7. The monoisotopic (exact) mass is 421 g/mol. The van der Waals surface area contributed by atoms with Crippen LogP contribution in [-0.4, -0.2) is 28.8 Å². The summed E-state index contributed by atoms with van der Waals surface area (Å²) < 4.78 is 0. The summed E-state index contributed by atoms with van der Waals surface area (Å²) in [7, 11) is 0. The van der Waals surface area contributed by atoms with Gasteiger partial charge in [0.05, 0.1) is 6.10 Å². The van der Waals surface area contributed by atoms with Crippen molar-refractivity contribution in [3.8, 4) is 0 Å². The van der Waals surface area contributed by atoms with Crippen molar-refractivity contribution >= 4 is 11.5 Å². The van der Waals surface area contributed by atoms with Crippen molar-refractivity contribution in [2.75, 3.05) is 0 Å². The number of aliphatic hydroxyl groups excluding tert-OH is 1. The molecule has 1 aromatic carbocycles. The van der Waals surface area contributed by atoms with Gasteiger partial charge in [0.15, 0.2) is 5.78 Å². The maximum absolute atomic E-state index is 13.9. The fourth-order valence-corrected chi connectivity index (χ4v) is 8.63. The normalized spacial score (nSPS) is 48.2. The van der Waals surface area contributed by atoms with E-state index >= 15 is 0 Å². The van der Waals surface area contributed by atoms with Crippen LogP contribution in [0.1, 0.15) is 69.9 Å². The van der Waals surface area contributed by atoms with Gasteiger partial charge >= 0.3 is 0 Å². The first-order valence-corrected chi connectivity index (χ1v) is 12.4. The Morgan fingerprint density at radius 3 is 2.61 bits per heavy atom. The van der Waals surface area contributed by atoms with Gasteiger partial charge in [-0.1, -0.05) is 48.8 Å². The number of carbonyl (C=O) groups is 1. The van der Waals surface area contributed by atoms with Crippen molar-refractivity contribution in [1.82, 2.24) is 0 Å². The van der Waals surface area contributed by atoms with Crippen LogP contribution in [-0.2, 0) is 9.63 Å². The molecule has 166 valence electrons. The van der Waals surface area contributed by atoms with Gasteiger partial charge in [-0.15, -0.1) is 0 Å². The molecule has 0 unspecified atom stereocenters. The van der Waals surface area contributed by atoms with Gasteiger partial charge in [-0.2, -0.15) is 0 Å². The Balaban J connectivity index is 1.34. The quantitative estimate of drug-likeness (QED) is 0.701. The molecule has 4 heteroatoms. The van der Waals surface area contributed by atoms with Crippen molar-refractivity contribution < 1.29 is 14.7 Å². The van der Waals surface area contributed by atoms with E-state index in [0.717, 1.165) is 49.8 Å². The second-order valence-corrected chi connectivity index (χ2v) is 11.7. The number of carbonyl (C=O) groups excluding carboxylic acids is 1. The van der Waals surface area contributed by atoms with Gasteiger partial charge in [0, 0.05) is 16.9 Å². The third-order valence-electron chi connectivity index (χ3n) is 10.3. The van der Waals surface area contributed by atoms with Crippen molar-refractivity contribution in [2.24, 2.45) is 45.6 Å². The largest absolute Gasteiger partial charge is 0.393 e. The Morgan fingerprint density at radius 1 is 1.06 bits per heavy atom. The van der Waals surface area contributed by atoms with Crippen LogP contribution < -0.4 is 0 Å². The molecule has 4 nitrogen and oxygen atoms in total. The second-order valence-electron chi connectivity index (χ2n) is 11.7. The summed E-state index contributed by atoms with van der Waals surface area (Å²) in [5, 5.41) is 14.8. The zero-order valence-corrected chi connectivity index (χ0v) is 19.0. The molecule has 9 atom stereocenters. The molecule has 4 saturated carbocycles. The molecule has 0 spiro atoms. The minimum atomic E-state index is -0.292. The molecule has 1 N–H and O–H groups in total. The van der Waals surface area contributed by atoms with E-state index in [1.54, 1.807) is 0 Å². The number of oxime groups is 1. The van der Waals surface area contributed by atoms with Crippen LogP contribution in [0.15, 0.2) is 29.4 Å². The number of Topliss-reactive ketones (excluding diaryl/α,β-unsaturated/α-hetero) is 1. The zero-order chi connectivity index (χ0) is 21.5. The first-order chi connectivity index (χ1) is 14.8. The van der Waals surface area contributed by atoms with Crippen molar-refractivity contribution in [2.45, 2.75) is 77.9 Å². The Bertz CT molecular complexity index is 938. The minimum absolute atomic E-state index is 0.101. The Kier molecular flexibility index (Phi) is 4.29. The van der Waals surface area contributed by atoms with E-state index in [-0.39, 0.29) is 29.5 Å². The summed E-state index contributed by atoms with van der Waals surface area (Å²) in [6.45, 7) is 6.79. The number of hydrogen-bond donors (Lipinski definition) is 1. The number of rotatable bonds is 1. The number of hydrogen-bond acceptors (Lipinski definition) is 4. The van der Waals surface area contributed by atoms with Crippen LogP contribution in [0.4, 0.5) is 0 Å². The molecule has 4 fully saturated rings. The molecule has 0 bridgehead atoms. The topological polar surface area (TPSA) is 58.9 Å². The lowest BCUT2D eigenvalue weighted by Crippen LogP contribution is -2.55. The van der Waals surface area contributed by atoms with Gasteiger partial charge in [-0.3, -0.25) is 4.79 Å². The summed E-state index contributed by atoms with van der Waals surface area (Å²) >= 11 is 0. The standard InChI is InChI=1S/C27H35NO3/c1-15-4-6-16(7-5-15)23-21-24(31-28-23)22-19-9-8-17-14-18(29)10-12-26(17,2)20(19)11-13-27(22,3)25(21)30/h4-7,17-22,24,29H,8-14H2,1-3H3/t17-,18-,19+,20-,21-,22+,24+,26-,27-/m0/s1. The molecule has 1 heterocycles. The number of benzene rings is 1. The molecule has 31 heavy (non-hydrogen) atoms. The molecule has 0 saturated heterocycles. The second kappa shape index (κ2) is 6.66. The maximum atomic E-state index is 13.9. The molecule has 0 aromatic heterocycles. The zero-order valence-electron chi connectivity index (χ0n) is 19.0. The Hall–Kier alpha value is -1.68. The number of aryl methyl sites for hydroxylation is 1. The van der Waals surface area contributed by atoms with Crippen molar-refractivity contribution in [1.29, 1.82) is 0 Å². The van der Waals surface area contributed by atoms with Crippen molar-refractivity contribution in [3.63, 3.8) is 0 Å².